The Labute approximate surface area is 102 Å². The minimum absolute atomic E-state index is 0.114. The molecule has 0 saturated heterocycles. The number of nitrogens with one attached hydrogen (secondary N) is 1. The second-order valence-electron chi connectivity index (χ2n) is 3.52. The first kappa shape index (κ1) is 11.8. The number of aryl methyl sites for hydroxylation is 1. The number of rotatable bonds is 3. The molecule has 0 spiro atoms. The first-order valence-corrected chi connectivity index (χ1v) is 5.06. The second kappa shape index (κ2) is 4.66. The van der Waals surface area contributed by atoms with E-state index in [0.29, 0.717) is 5.56 Å². The van der Waals surface area contributed by atoms with Crippen molar-refractivity contribution in [2.75, 3.05) is 5.32 Å². The number of anilines is 1. The Morgan fingerprint density at radius 2 is 2.06 bits per heavy atom. The summed E-state index contributed by atoms with van der Waals surface area (Å²) in [5.74, 6) is -0.749. The van der Waals surface area contributed by atoms with E-state index in [9.17, 15) is 14.9 Å². The first-order chi connectivity index (χ1) is 8.59. The lowest BCUT2D eigenvalue weighted by Gasteiger charge is -2.00. The Morgan fingerprint density at radius 3 is 2.67 bits per heavy atom. The number of nitro groups is 1. The fraction of sp³-hybridized carbons (Fsp3) is 0.0909. The first-order valence-electron chi connectivity index (χ1n) is 5.06. The molecule has 0 unspecified atom stereocenters. The van der Waals surface area contributed by atoms with E-state index in [1.807, 2.05) is 0 Å². The Hall–Kier alpha value is -2.70. The summed E-state index contributed by atoms with van der Waals surface area (Å²) in [6.45, 7) is 1.43. The van der Waals surface area contributed by atoms with Crippen LogP contribution in [0.25, 0.3) is 0 Å². The molecule has 1 N–H and O–H groups in total. The summed E-state index contributed by atoms with van der Waals surface area (Å²) in [4.78, 5) is 21.9. The van der Waals surface area contributed by atoms with Crippen LogP contribution in [-0.2, 0) is 0 Å². The van der Waals surface area contributed by atoms with Crippen LogP contribution in [0.15, 0.2) is 34.9 Å². The minimum atomic E-state index is -0.646. The van der Waals surface area contributed by atoms with Crippen molar-refractivity contribution < 1.29 is 14.2 Å². The number of amides is 1. The molecule has 7 heteroatoms. The van der Waals surface area contributed by atoms with Gasteiger partial charge in [0.1, 0.15) is 0 Å². The SMILES string of the molecule is Cc1noc(NC(=O)c2ccccc2)c1[N+](=O)[O-]. The highest BCUT2D eigenvalue weighted by atomic mass is 16.6. The second-order valence-corrected chi connectivity index (χ2v) is 3.52. The van der Waals surface area contributed by atoms with E-state index < -0.39 is 10.8 Å². The largest absolute Gasteiger partial charge is 0.356 e. The third-order valence-electron chi connectivity index (χ3n) is 2.28. The number of nitrogens with zero attached hydrogens (tertiary/aromatic N) is 2. The molecule has 92 valence electrons. The number of aromatic nitrogens is 1. The van der Waals surface area contributed by atoms with Crippen LogP contribution in [0.1, 0.15) is 16.1 Å². The van der Waals surface area contributed by atoms with Crippen LogP contribution in [0.5, 0.6) is 0 Å². The predicted molar refractivity (Wildman–Crippen MR) is 62.3 cm³/mol. The topological polar surface area (TPSA) is 98.3 Å². The quantitative estimate of drug-likeness (QED) is 0.661. The summed E-state index contributed by atoms with van der Waals surface area (Å²) < 4.78 is 4.73. The van der Waals surface area contributed by atoms with Gasteiger partial charge in [-0.2, -0.15) is 0 Å². The van der Waals surface area contributed by atoms with Gasteiger partial charge in [0.25, 0.3) is 5.91 Å². The number of hydrogen-bond acceptors (Lipinski definition) is 5. The van der Waals surface area contributed by atoms with Crippen LogP contribution in [-0.4, -0.2) is 16.0 Å². The van der Waals surface area contributed by atoms with E-state index in [1.165, 1.54) is 6.92 Å². The summed E-state index contributed by atoms with van der Waals surface area (Å²) in [6, 6.07) is 8.32. The zero-order chi connectivity index (χ0) is 13.1. The summed E-state index contributed by atoms with van der Waals surface area (Å²) >= 11 is 0. The van der Waals surface area contributed by atoms with Crippen molar-refractivity contribution in [2.24, 2.45) is 0 Å². The van der Waals surface area contributed by atoms with E-state index in [-0.39, 0.29) is 17.3 Å². The molecule has 1 aromatic heterocycles. The molecule has 1 aromatic carbocycles. The molecule has 0 aliphatic rings. The lowest BCUT2D eigenvalue weighted by molar-refractivity contribution is -0.384. The van der Waals surface area contributed by atoms with Crippen LogP contribution in [0.4, 0.5) is 11.6 Å². The number of carbonyl (C=O) groups excluding carboxylic acids is 1. The van der Waals surface area contributed by atoms with Gasteiger partial charge in [0.2, 0.25) is 0 Å². The molecule has 0 atom stereocenters. The summed E-state index contributed by atoms with van der Waals surface area (Å²) in [5, 5.41) is 16.5. The van der Waals surface area contributed by atoms with Gasteiger partial charge in [-0.05, 0) is 19.1 Å². The van der Waals surface area contributed by atoms with E-state index in [2.05, 4.69) is 10.5 Å². The number of carbonyl (C=O) groups is 1. The average Bonchev–Trinajstić information content (AvgIpc) is 2.71. The Morgan fingerprint density at radius 1 is 1.39 bits per heavy atom. The molecule has 0 bridgehead atoms. The highest BCUT2D eigenvalue weighted by Crippen LogP contribution is 2.27. The Kier molecular flexibility index (Phi) is 3.05. The summed E-state index contributed by atoms with van der Waals surface area (Å²) in [6.07, 6.45) is 0. The zero-order valence-electron chi connectivity index (χ0n) is 9.41. The van der Waals surface area contributed by atoms with Gasteiger partial charge in [-0.25, -0.2) is 0 Å². The fourth-order valence-corrected chi connectivity index (χ4v) is 1.43. The third-order valence-corrected chi connectivity index (χ3v) is 2.28. The molecule has 7 nitrogen and oxygen atoms in total. The standard InChI is InChI=1S/C11H9N3O4/c1-7-9(14(16)17)11(18-13-7)12-10(15)8-5-3-2-4-6-8/h2-6H,1H3,(H,12,15). The summed E-state index contributed by atoms with van der Waals surface area (Å²) in [7, 11) is 0. The van der Waals surface area contributed by atoms with Gasteiger partial charge in [-0.15, -0.1) is 0 Å². The van der Waals surface area contributed by atoms with Gasteiger partial charge >= 0.3 is 11.6 Å². The van der Waals surface area contributed by atoms with Crippen LogP contribution < -0.4 is 5.32 Å². The van der Waals surface area contributed by atoms with Crippen molar-refractivity contribution in [3.63, 3.8) is 0 Å². The molecule has 18 heavy (non-hydrogen) atoms. The molecule has 0 aliphatic heterocycles. The van der Waals surface area contributed by atoms with Crippen molar-refractivity contribution in [1.82, 2.24) is 5.16 Å². The zero-order valence-corrected chi connectivity index (χ0v) is 9.41. The van der Waals surface area contributed by atoms with Crippen molar-refractivity contribution in [1.29, 1.82) is 0 Å². The fourth-order valence-electron chi connectivity index (χ4n) is 1.43. The third kappa shape index (κ3) is 2.19. The minimum Gasteiger partial charge on any atom is -0.330 e. The van der Waals surface area contributed by atoms with Gasteiger partial charge in [-0.3, -0.25) is 20.2 Å². The molecule has 1 heterocycles. The van der Waals surface area contributed by atoms with Crippen LogP contribution in [0.2, 0.25) is 0 Å². The van der Waals surface area contributed by atoms with Gasteiger partial charge in [0, 0.05) is 5.56 Å². The molecule has 0 radical (unpaired) electrons. The lowest BCUT2D eigenvalue weighted by Crippen LogP contribution is -2.12. The Balaban J connectivity index is 2.25. The van der Waals surface area contributed by atoms with E-state index in [4.69, 9.17) is 4.52 Å². The van der Waals surface area contributed by atoms with Crippen LogP contribution in [0, 0.1) is 17.0 Å². The highest BCUT2D eigenvalue weighted by Gasteiger charge is 2.25. The van der Waals surface area contributed by atoms with Crippen molar-refractivity contribution >= 4 is 17.5 Å². The van der Waals surface area contributed by atoms with E-state index >= 15 is 0 Å². The van der Waals surface area contributed by atoms with E-state index in [0.717, 1.165) is 0 Å². The molecule has 0 fully saturated rings. The molecule has 2 aromatic rings. The predicted octanol–water partition coefficient (Wildman–Crippen LogP) is 2.14. The van der Waals surface area contributed by atoms with Crippen molar-refractivity contribution in [3.8, 4) is 0 Å². The molecule has 1 amide bonds. The lowest BCUT2D eigenvalue weighted by atomic mass is 10.2. The molecular weight excluding hydrogens is 238 g/mol. The van der Waals surface area contributed by atoms with Gasteiger partial charge in [-0.1, -0.05) is 23.4 Å². The highest BCUT2D eigenvalue weighted by molar-refractivity contribution is 6.04. The van der Waals surface area contributed by atoms with Gasteiger partial charge in [0.15, 0.2) is 5.69 Å². The molecule has 2 rings (SSSR count). The van der Waals surface area contributed by atoms with Crippen LogP contribution in [0.3, 0.4) is 0 Å². The molecule has 0 saturated carbocycles. The maximum absolute atomic E-state index is 11.8. The van der Waals surface area contributed by atoms with Crippen LogP contribution >= 0.6 is 0 Å². The maximum atomic E-state index is 11.8. The average molecular weight is 247 g/mol. The monoisotopic (exact) mass is 247 g/mol. The number of benzene rings is 1. The maximum Gasteiger partial charge on any atom is 0.356 e. The normalized spacial score (nSPS) is 10.1. The Bertz CT molecular complexity index is 592. The van der Waals surface area contributed by atoms with Crippen molar-refractivity contribution in [2.45, 2.75) is 6.92 Å². The van der Waals surface area contributed by atoms with E-state index in [1.54, 1.807) is 30.3 Å². The summed E-state index contributed by atoms with van der Waals surface area (Å²) in [5.41, 5.74) is 0.156. The molecular formula is C11H9N3O4. The van der Waals surface area contributed by atoms with Crippen molar-refractivity contribution in [3.05, 3.63) is 51.7 Å². The smallest absolute Gasteiger partial charge is 0.330 e. The van der Waals surface area contributed by atoms with Gasteiger partial charge in [0.05, 0.1) is 4.92 Å². The number of hydrogen-bond donors (Lipinski definition) is 1. The van der Waals surface area contributed by atoms with Gasteiger partial charge < -0.3 is 4.52 Å². The molecule has 0 aliphatic carbocycles.